The molecule has 0 aliphatic carbocycles. The first-order valence-corrected chi connectivity index (χ1v) is 9.73. The third-order valence-corrected chi connectivity index (χ3v) is 5.47. The first-order chi connectivity index (χ1) is 11.9. The van der Waals surface area contributed by atoms with Gasteiger partial charge in [0.25, 0.3) is 5.91 Å². The Hall–Kier alpha value is -1.40. The van der Waals surface area contributed by atoms with Crippen molar-refractivity contribution in [3.8, 4) is 0 Å². The zero-order valence-corrected chi connectivity index (χ0v) is 15.9. The van der Waals surface area contributed by atoms with Crippen molar-refractivity contribution in [2.45, 2.75) is 64.5 Å². The Balaban J connectivity index is 1.73. The zero-order valence-electron chi connectivity index (χ0n) is 15.9. The number of nitrogens with zero attached hydrogens (tertiary/aromatic N) is 4. The van der Waals surface area contributed by atoms with E-state index < -0.39 is 5.60 Å². The molecule has 2 saturated heterocycles. The summed E-state index contributed by atoms with van der Waals surface area (Å²) in [5, 5.41) is 15.6. The summed E-state index contributed by atoms with van der Waals surface area (Å²) in [7, 11) is 0. The molecule has 140 valence electrons. The number of amides is 1. The summed E-state index contributed by atoms with van der Waals surface area (Å²) in [6.45, 7) is 10.8. The molecule has 1 N–H and O–H groups in total. The average molecular weight is 348 g/mol. The van der Waals surface area contributed by atoms with Crippen LogP contribution in [0.3, 0.4) is 0 Å². The number of carbonyl (C=O) groups excluding carboxylic acids is 1. The lowest BCUT2D eigenvalue weighted by molar-refractivity contribution is -0.0433. The van der Waals surface area contributed by atoms with E-state index in [0.29, 0.717) is 37.8 Å². The quantitative estimate of drug-likeness (QED) is 0.885. The maximum atomic E-state index is 13.1. The zero-order chi connectivity index (χ0) is 18.0. The van der Waals surface area contributed by atoms with Gasteiger partial charge in [-0.25, -0.2) is 0 Å². The van der Waals surface area contributed by atoms with Crippen LogP contribution in [0.5, 0.6) is 0 Å². The molecule has 0 aromatic carbocycles. The number of carbonyl (C=O) groups is 1. The number of likely N-dealkylation sites (tertiary alicyclic amines) is 2. The number of piperidine rings is 1. The van der Waals surface area contributed by atoms with E-state index >= 15 is 0 Å². The second kappa shape index (κ2) is 7.46. The Morgan fingerprint density at radius 1 is 1.28 bits per heavy atom. The fraction of sp³-hybridized carbons (Fsp3) is 0.789. The van der Waals surface area contributed by atoms with Gasteiger partial charge in [-0.2, -0.15) is 5.10 Å². The van der Waals surface area contributed by atoms with Gasteiger partial charge >= 0.3 is 0 Å². The molecule has 6 heteroatoms. The summed E-state index contributed by atoms with van der Waals surface area (Å²) < 4.78 is 1.80. The van der Waals surface area contributed by atoms with E-state index in [1.165, 1.54) is 12.8 Å². The lowest BCUT2D eigenvalue weighted by Crippen LogP contribution is -2.55. The fourth-order valence-electron chi connectivity index (χ4n) is 4.07. The number of aromatic nitrogens is 2. The van der Waals surface area contributed by atoms with Gasteiger partial charge in [0.2, 0.25) is 0 Å². The van der Waals surface area contributed by atoms with Crippen LogP contribution >= 0.6 is 0 Å². The van der Waals surface area contributed by atoms with Crippen molar-refractivity contribution in [2.75, 3.05) is 32.7 Å². The Labute approximate surface area is 150 Å². The van der Waals surface area contributed by atoms with Gasteiger partial charge in [0.05, 0.1) is 17.8 Å². The standard InChI is InChI=1S/C19H32N4O2/c1-4-23-17(12-16(20-23)15(2)3)18(24)22-11-7-8-19(25,14-22)13-21-9-5-6-10-21/h12,15,25H,4-11,13-14H2,1-3H3/t19-/m1/s1. The Morgan fingerprint density at radius 2 is 2.00 bits per heavy atom. The number of aliphatic hydroxyl groups is 1. The van der Waals surface area contributed by atoms with Crippen LogP contribution in [-0.4, -0.2) is 68.9 Å². The first kappa shape index (κ1) is 18.4. The minimum absolute atomic E-state index is 0.000738. The molecule has 2 aliphatic heterocycles. The molecule has 0 unspecified atom stereocenters. The van der Waals surface area contributed by atoms with E-state index in [4.69, 9.17) is 0 Å². The van der Waals surface area contributed by atoms with Crippen molar-refractivity contribution in [3.05, 3.63) is 17.5 Å². The largest absolute Gasteiger partial charge is 0.387 e. The number of rotatable bonds is 5. The second-order valence-electron chi connectivity index (χ2n) is 7.96. The summed E-state index contributed by atoms with van der Waals surface area (Å²) in [6.07, 6.45) is 4.06. The van der Waals surface area contributed by atoms with Crippen molar-refractivity contribution >= 4 is 5.91 Å². The molecule has 2 aliphatic rings. The Bertz CT molecular complexity index is 607. The molecule has 0 spiro atoms. The number of aryl methyl sites for hydroxylation is 1. The number of hydrogen-bond donors (Lipinski definition) is 1. The van der Waals surface area contributed by atoms with Crippen LogP contribution in [-0.2, 0) is 6.54 Å². The van der Waals surface area contributed by atoms with Gasteiger partial charge in [0.15, 0.2) is 0 Å². The average Bonchev–Trinajstić information content (AvgIpc) is 3.22. The van der Waals surface area contributed by atoms with Crippen molar-refractivity contribution < 1.29 is 9.90 Å². The highest BCUT2D eigenvalue weighted by Gasteiger charge is 2.38. The lowest BCUT2D eigenvalue weighted by Gasteiger charge is -2.41. The van der Waals surface area contributed by atoms with Gasteiger partial charge < -0.3 is 14.9 Å². The maximum absolute atomic E-state index is 13.1. The van der Waals surface area contributed by atoms with Crippen LogP contribution in [0.15, 0.2) is 6.07 Å². The van der Waals surface area contributed by atoms with Gasteiger partial charge in [-0.05, 0) is 57.7 Å². The number of hydrogen-bond acceptors (Lipinski definition) is 4. The summed E-state index contributed by atoms with van der Waals surface area (Å²) in [6, 6.07) is 1.92. The van der Waals surface area contributed by atoms with Crippen molar-refractivity contribution in [3.63, 3.8) is 0 Å². The first-order valence-electron chi connectivity index (χ1n) is 9.73. The molecule has 0 saturated carbocycles. The molecule has 3 rings (SSSR count). The summed E-state index contributed by atoms with van der Waals surface area (Å²) in [5.74, 6) is 0.300. The van der Waals surface area contributed by atoms with Crippen LogP contribution in [0.2, 0.25) is 0 Å². The van der Waals surface area contributed by atoms with Crippen LogP contribution < -0.4 is 0 Å². The van der Waals surface area contributed by atoms with E-state index in [1.54, 1.807) is 4.68 Å². The van der Waals surface area contributed by atoms with E-state index in [-0.39, 0.29) is 5.91 Å². The molecule has 25 heavy (non-hydrogen) atoms. The van der Waals surface area contributed by atoms with Gasteiger partial charge in [-0.1, -0.05) is 13.8 Å². The van der Waals surface area contributed by atoms with Gasteiger partial charge in [-0.15, -0.1) is 0 Å². The molecule has 6 nitrogen and oxygen atoms in total. The predicted molar refractivity (Wildman–Crippen MR) is 97.8 cm³/mol. The van der Waals surface area contributed by atoms with Crippen molar-refractivity contribution in [2.24, 2.45) is 0 Å². The minimum atomic E-state index is -0.782. The molecule has 1 aromatic rings. The predicted octanol–water partition coefficient (Wildman–Crippen LogP) is 2.09. The third-order valence-electron chi connectivity index (χ3n) is 5.47. The summed E-state index contributed by atoms with van der Waals surface area (Å²) in [5.41, 5.74) is 0.821. The molecular formula is C19H32N4O2. The maximum Gasteiger partial charge on any atom is 0.272 e. The highest BCUT2D eigenvalue weighted by atomic mass is 16.3. The van der Waals surface area contributed by atoms with Crippen LogP contribution in [0.1, 0.15) is 68.6 Å². The van der Waals surface area contributed by atoms with E-state index in [1.807, 2.05) is 17.9 Å². The lowest BCUT2D eigenvalue weighted by atomic mass is 9.92. The Kier molecular flexibility index (Phi) is 5.49. The molecule has 2 fully saturated rings. The number of β-amino-alcohol motifs (C(OH)–C–C–N with tert-alkyl or cyclic N) is 1. The van der Waals surface area contributed by atoms with E-state index in [9.17, 15) is 9.90 Å². The Morgan fingerprint density at radius 3 is 2.64 bits per heavy atom. The highest BCUT2D eigenvalue weighted by Crippen LogP contribution is 2.26. The molecule has 1 atom stereocenters. The summed E-state index contributed by atoms with van der Waals surface area (Å²) in [4.78, 5) is 17.2. The van der Waals surface area contributed by atoms with E-state index in [0.717, 1.165) is 31.6 Å². The monoisotopic (exact) mass is 348 g/mol. The van der Waals surface area contributed by atoms with Crippen molar-refractivity contribution in [1.82, 2.24) is 19.6 Å². The molecule has 1 aromatic heterocycles. The summed E-state index contributed by atoms with van der Waals surface area (Å²) >= 11 is 0. The van der Waals surface area contributed by atoms with E-state index in [2.05, 4.69) is 23.8 Å². The molecule has 0 radical (unpaired) electrons. The van der Waals surface area contributed by atoms with Gasteiger partial charge in [0.1, 0.15) is 5.69 Å². The smallest absolute Gasteiger partial charge is 0.272 e. The molecule has 0 bridgehead atoms. The molecule has 3 heterocycles. The second-order valence-corrected chi connectivity index (χ2v) is 7.96. The normalized spacial score (nSPS) is 25.1. The highest BCUT2D eigenvalue weighted by molar-refractivity contribution is 5.93. The fourth-order valence-corrected chi connectivity index (χ4v) is 4.07. The van der Waals surface area contributed by atoms with Gasteiger partial charge in [0, 0.05) is 19.6 Å². The minimum Gasteiger partial charge on any atom is -0.387 e. The molecular weight excluding hydrogens is 316 g/mol. The SMILES string of the molecule is CCn1nc(C(C)C)cc1C(=O)N1CCC[C@@](O)(CN2CCCC2)C1. The van der Waals surface area contributed by atoms with Gasteiger partial charge in [-0.3, -0.25) is 9.48 Å². The molecule has 1 amide bonds. The third kappa shape index (κ3) is 4.06. The van der Waals surface area contributed by atoms with Crippen LogP contribution in [0.25, 0.3) is 0 Å². The van der Waals surface area contributed by atoms with Crippen molar-refractivity contribution in [1.29, 1.82) is 0 Å². The topological polar surface area (TPSA) is 61.6 Å². The van der Waals surface area contributed by atoms with Crippen LogP contribution in [0, 0.1) is 0 Å². The van der Waals surface area contributed by atoms with Crippen LogP contribution in [0.4, 0.5) is 0 Å².